The summed E-state index contributed by atoms with van der Waals surface area (Å²) in [5.41, 5.74) is 1.41. The molecule has 3 heterocycles. The lowest BCUT2D eigenvalue weighted by Gasteiger charge is -2.27. The fourth-order valence-corrected chi connectivity index (χ4v) is 4.67. The Labute approximate surface area is 154 Å². The van der Waals surface area contributed by atoms with E-state index in [1.54, 1.807) is 12.1 Å². The molecule has 2 bridgehead atoms. The second-order valence-corrected chi connectivity index (χ2v) is 7.93. The maximum absolute atomic E-state index is 13.0. The molecule has 2 saturated heterocycles. The number of halogens is 2. The number of carbonyl (C=O) groups is 1. The van der Waals surface area contributed by atoms with Gasteiger partial charge >= 0.3 is 0 Å². The van der Waals surface area contributed by atoms with Crippen LogP contribution < -0.4 is 5.32 Å². The summed E-state index contributed by atoms with van der Waals surface area (Å²) in [7, 11) is 0. The molecule has 1 aromatic heterocycles. The molecule has 2 aliphatic rings. The molecule has 1 aromatic carbocycles. The predicted molar refractivity (Wildman–Crippen MR) is 98.0 cm³/mol. The molecule has 1 N–H and O–H groups in total. The summed E-state index contributed by atoms with van der Waals surface area (Å²) in [4.78, 5) is 19.6. The van der Waals surface area contributed by atoms with Crippen LogP contribution in [0.25, 0.3) is 10.6 Å². The number of amides is 1. The van der Waals surface area contributed by atoms with Gasteiger partial charge < -0.3 is 10.2 Å². The van der Waals surface area contributed by atoms with Gasteiger partial charge in [0, 0.05) is 29.6 Å². The monoisotopic (exact) mass is 381 g/mol. The van der Waals surface area contributed by atoms with E-state index < -0.39 is 0 Å². The number of rotatable bonds is 2. The van der Waals surface area contributed by atoms with Crippen LogP contribution in [-0.4, -0.2) is 41.0 Å². The van der Waals surface area contributed by atoms with E-state index in [-0.39, 0.29) is 5.91 Å². The molecule has 0 saturated carbocycles. The van der Waals surface area contributed by atoms with Gasteiger partial charge in [-0.15, -0.1) is 11.3 Å². The van der Waals surface area contributed by atoms with Crippen LogP contribution in [0.15, 0.2) is 23.6 Å². The highest BCUT2D eigenvalue weighted by atomic mass is 35.5. The number of fused-ring (bicyclic) bond motifs is 2. The first-order chi connectivity index (χ1) is 11.6. The summed E-state index contributed by atoms with van der Waals surface area (Å²) < 4.78 is 0. The molecule has 2 aromatic rings. The van der Waals surface area contributed by atoms with Gasteiger partial charge in [-0.2, -0.15) is 0 Å². The van der Waals surface area contributed by atoms with Crippen molar-refractivity contribution in [2.24, 2.45) is 0 Å². The van der Waals surface area contributed by atoms with Crippen LogP contribution in [0.4, 0.5) is 0 Å². The molecule has 2 atom stereocenters. The Bertz CT molecular complexity index is 765. The van der Waals surface area contributed by atoms with Crippen LogP contribution in [0, 0.1) is 0 Å². The van der Waals surface area contributed by atoms with E-state index in [1.165, 1.54) is 11.3 Å². The third-order valence-electron chi connectivity index (χ3n) is 4.78. The average molecular weight is 382 g/mol. The van der Waals surface area contributed by atoms with E-state index in [9.17, 15) is 4.79 Å². The zero-order valence-corrected chi connectivity index (χ0v) is 15.3. The number of carbonyl (C=O) groups excluding carboxylic acids is 1. The largest absolute Gasteiger partial charge is 0.330 e. The third-order valence-corrected chi connectivity index (χ3v) is 6.41. The van der Waals surface area contributed by atoms with Crippen molar-refractivity contribution in [3.05, 3.63) is 39.3 Å². The molecule has 0 spiro atoms. The van der Waals surface area contributed by atoms with Crippen molar-refractivity contribution in [3.63, 3.8) is 0 Å². The van der Waals surface area contributed by atoms with E-state index >= 15 is 0 Å². The summed E-state index contributed by atoms with van der Waals surface area (Å²) in [6.07, 6.45) is 3.20. The number of thiazole rings is 1. The maximum Gasteiger partial charge on any atom is 0.273 e. The molecule has 4 rings (SSSR count). The number of hydrogen-bond donors (Lipinski definition) is 1. The average Bonchev–Trinajstić information content (AvgIpc) is 3.13. The molecule has 2 aliphatic heterocycles. The minimum atomic E-state index is 0.0498. The van der Waals surface area contributed by atoms with Gasteiger partial charge in [0.05, 0.1) is 10.0 Å². The van der Waals surface area contributed by atoms with E-state index in [0.717, 1.165) is 42.9 Å². The first-order valence-corrected chi connectivity index (χ1v) is 9.71. The van der Waals surface area contributed by atoms with Crippen LogP contribution in [0.3, 0.4) is 0 Å². The Balaban J connectivity index is 1.60. The van der Waals surface area contributed by atoms with E-state index in [0.29, 0.717) is 27.8 Å². The zero-order valence-electron chi connectivity index (χ0n) is 13.0. The van der Waals surface area contributed by atoms with E-state index in [1.807, 2.05) is 16.3 Å². The van der Waals surface area contributed by atoms with Crippen LogP contribution in [0.2, 0.25) is 10.0 Å². The topological polar surface area (TPSA) is 45.2 Å². The van der Waals surface area contributed by atoms with Crippen molar-refractivity contribution in [3.8, 4) is 10.6 Å². The van der Waals surface area contributed by atoms with Gasteiger partial charge in [0.1, 0.15) is 10.7 Å². The molecular formula is C17H17Cl2N3OS. The van der Waals surface area contributed by atoms with Crippen LogP contribution in [0.1, 0.15) is 29.8 Å². The summed E-state index contributed by atoms with van der Waals surface area (Å²) in [5, 5.41) is 7.06. The Morgan fingerprint density at radius 2 is 2.04 bits per heavy atom. The van der Waals surface area contributed by atoms with Crippen molar-refractivity contribution in [1.29, 1.82) is 0 Å². The van der Waals surface area contributed by atoms with Gasteiger partial charge in [0.15, 0.2) is 0 Å². The highest BCUT2D eigenvalue weighted by Crippen LogP contribution is 2.33. The quantitative estimate of drug-likeness (QED) is 0.851. The Morgan fingerprint density at radius 1 is 1.21 bits per heavy atom. The number of nitrogens with zero attached hydrogens (tertiary/aromatic N) is 2. The molecule has 2 fully saturated rings. The lowest BCUT2D eigenvalue weighted by molar-refractivity contribution is 0.0675. The van der Waals surface area contributed by atoms with Crippen molar-refractivity contribution < 1.29 is 4.79 Å². The van der Waals surface area contributed by atoms with Gasteiger partial charge in [-0.1, -0.05) is 29.3 Å². The highest BCUT2D eigenvalue weighted by molar-refractivity contribution is 7.13. The van der Waals surface area contributed by atoms with Gasteiger partial charge in [0.25, 0.3) is 5.91 Å². The lowest BCUT2D eigenvalue weighted by atomic mass is 10.1. The standard InChI is InChI=1S/C17H17Cl2N3OS/c18-13-4-1-10(7-14(13)19)16-21-15(9-24-16)17(23)22-11-2-3-12(22)8-20-6-5-11/h1,4,7,9,11-12,20H,2-3,5-6,8H2. The first-order valence-electron chi connectivity index (χ1n) is 8.08. The molecular weight excluding hydrogens is 365 g/mol. The molecule has 4 nitrogen and oxygen atoms in total. The van der Waals surface area contributed by atoms with Crippen LogP contribution in [-0.2, 0) is 0 Å². The fourth-order valence-electron chi connectivity index (χ4n) is 3.58. The van der Waals surface area contributed by atoms with Gasteiger partial charge in [-0.3, -0.25) is 4.79 Å². The van der Waals surface area contributed by atoms with E-state index in [2.05, 4.69) is 10.3 Å². The van der Waals surface area contributed by atoms with Gasteiger partial charge in [-0.05, 0) is 37.9 Å². The first kappa shape index (κ1) is 16.3. The van der Waals surface area contributed by atoms with Crippen LogP contribution >= 0.6 is 34.5 Å². The smallest absolute Gasteiger partial charge is 0.273 e. The Morgan fingerprint density at radius 3 is 2.88 bits per heavy atom. The second-order valence-electron chi connectivity index (χ2n) is 6.26. The molecule has 1 amide bonds. The number of hydrogen-bond acceptors (Lipinski definition) is 4. The summed E-state index contributed by atoms with van der Waals surface area (Å²) >= 11 is 13.5. The molecule has 24 heavy (non-hydrogen) atoms. The predicted octanol–water partition coefficient (Wildman–Crippen LogP) is 4.08. The minimum absolute atomic E-state index is 0.0498. The van der Waals surface area contributed by atoms with Crippen molar-refractivity contribution in [1.82, 2.24) is 15.2 Å². The zero-order chi connectivity index (χ0) is 16.7. The molecule has 0 aliphatic carbocycles. The second kappa shape index (κ2) is 6.64. The third kappa shape index (κ3) is 2.94. The van der Waals surface area contributed by atoms with Crippen molar-refractivity contribution >= 4 is 40.4 Å². The molecule has 2 unspecified atom stereocenters. The molecule has 0 radical (unpaired) electrons. The lowest BCUT2D eigenvalue weighted by Crippen LogP contribution is -2.42. The van der Waals surface area contributed by atoms with E-state index in [4.69, 9.17) is 23.2 Å². The number of aromatic nitrogens is 1. The van der Waals surface area contributed by atoms with Gasteiger partial charge in [0.2, 0.25) is 0 Å². The summed E-state index contributed by atoms with van der Waals surface area (Å²) in [6.45, 7) is 1.86. The normalized spacial score (nSPS) is 23.3. The van der Waals surface area contributed by atoms with Crippen LogP contribution in [0.5, 0.6) is 0 Å². The SMILES string of the molecule is O=C(c1csc(-c2ccc(Cl)c(Cl)c2)n1)N1C2CCNCC1CC2. The molecule has 126 valence electrons. The number of benzene rings is 1. The Kier molecular flexibility index (Phi) is 4.52. The Hall–Kier alpha value is -1.14. The maximum atomic E-state index is 13.0. The van der Waals surface area contributed by atoms with Gasteiger partial charge in [-0.25, -0.2) is 4.98 Å². The minimum Gasteiger partial charge on any atom is -0.330 e. The van der Waals surface area contributed by atoms with Crippen molar-refractivity contribution in [2.45, 2.75) is 31.3 Å². The van der Waals surface area contributed by atoms with Crippen molar-refractivity contribution in [2.75, 3.05) is 13.1 Å². The highest BCUT2D eigenvalue weighted by Gasteiger charge is 2.39. The summed E-state index contributed by atoms with van der Waals surface area (Å²) in [5.74, 6) is 0.0498. The molecule has 7 heteroatoms. The fraction of sp³-hybridized carbons (Fsp3) is 0.412. The summed E-state index contributed by atoms with van der Waals surface area (Å²) in [6, 6.07) is 6.05. The number of nitrogens with one attached hydrogen (secondary N) is 1.